The van der Waals surface area contributed by atoms with E-state index in [9.17, 15) is 5.02 Å². The average Bonchev–Trinajstić information content (AvgIpc) is 2.94. The maximum absolute atomic E-state index is 10.4. The lowest BCUT2D eigenvalue weighted by Crippen LogP contribution is -2.47. The van der Waals surface area contributed by atoms with Gasteiger partial charge in [0.1, 0.15) is 0 Å². The maximum atomic E-state index is 10.4. The van der Waals surface area contributed by atoms with Crippen LogP contribution in [0.1, 0.15) is 18.1 Å². The minimum absolute atomic E-state index is 0.292. The van der Waals surface area contributed by atoms with E-state index in [1.165, 1.54) is 21.9 Å². The Balaban J connectivity index is 2.05. The van der Waals surface area contributed by atoms with Crippen LogP contribution in [0.2, 0.25) is 26.5 Å². The molecule has 0 saturated carbocycles. The molecule has 0 radical (unpaired) electrons. The Kier molecular flexibility index (Phi) is 4.80. The van der Waals surface area contributed by atoms with Gasteiger partial charge in [-0.05, 0) is 30.4 Å². The van der Waals surface area contributed by atoms with Crippen LogP contribution in [0.15, 0.2) is 60.7 Å². The summed E-state index contributed by atoms with van der Waals surface area (Å²) in [6.45, 7) is 12.0. The highest BCUT2D eigenvalue weighted by Crippen LogP contribution is 2.40. The third-order valence-corrected chi connectivity index (χ3v) is 7.34. The van der Waals surface area contributed by atoms with Gasteiger partial charge in [-0.15, -0.1) is 0 Å². The zero-order valence-corrected chi connectivity index (χ0v) is 17.0. The van der Waals surface area contributed by atoms with Gasteiger partial charge in [0.2, 0.25) is 0 Å². The molecular formula is C21H28BNOSi. The van der Waals surface area contributed by atoms with Crippen molar-refractivity contribution < 1.29 is 5.02 Å². The van der Waals surface area contributed by atoms with Gasteiger partial charge in [0.25, 0.3) is 0 Å². The highest BCUT2D eigenvalue weighted by Gasteiger charge is 2.41. The summed E-state index contributed by atoms with van der Waals surface area (Å²) in [6, 6.07) is 19.5. The molecule has 1 N–H and O–H groups in total. The van der Waals surface area contributed by atoms with Crippen molar-refractivity contribution in [1.29, 1.82) is 0 Å². The number of nitrogens with zero attached hydrogens (tertiary/aromatic N) is 1. The summed E-state index contributed by atoms with van der Waals surface area (Å²) in [6.07, 6.45) is 2.33. The van der Waals surface area contributed by atoms with E-state index in [1.54, 1.807) is 0 Å². The largest absolute Gasteiger partial charge is 0.437 e. The summed E-state index contributed by atoms with van der Waals surface area (Å²) in [5, 5.41) is 11.9. The van der Waals surface area contributed by atoms with Gasteiger partial charge in [-0.3, -0.25) is 0 Å². The Morgan fingerprint density at radius 3 is 2.32 bits per heavy atom. The molecule has 1 unspecified atom stereocenters. The molecule has 0 spiro atoms. The predicted octanol–water partition coefficient (Wildman–Crippen LogP) is 3.96. The zero-order valence-electron chi connectivity index (χ0n) is 16.0. The van der Waals surface area contributed by atoms with E-state index in [0.29, 0.717) is 0 Å². The number of benzene rings is 2. The van der Waals surface area contributed by atoms with Crippen LogP contribution in [-0.4, -0.2) is 31.5 Å². The molecule has 3 rings (SSSR count). The summed E-state index contributed by atoms with van der Waals surface area (Å²) in [4.78, 5) is 2.17. The van der Waals surface area contributed by atoms with Gasteiger partial charge in [0.15, 0.2) is 0 Å². The van der Waals surface area contributed by atoms with E-state index in [-0.39, 0.29) is 5.54 Å². The van der Waals surface area contributed by atoms with E-state index < -0.39 is 15.1 Å². The molecular weight excluding hydrogens is 321 g/mol. The second kappa shape index (κ2) is 6.60. The molecule has 0 amide bonds. The van der Waals surface area contributed by atoms with Crippen LogP contribution < -0.4 is 5.19 Å². The lowest BCUT2D eigenvalue weighted by Gasteiger charge is -2.36. The summed E-state index contributed by atoms with van der Waals surface area (Å²) >= 11 is 0. The molecule has 0 fully saturated rings. The lowest BCUT2D eigenvalue weighted by molar-refractivity contribution is 0.273. The van der Waals surface area contributed by atoms with Crippen molar-refractivity contribution in [1.82, 2.24) is 4.81 Å². The Labute approximate surface area is 153 Å². The van der Waals surface area contributed by atoms with Crippen molar-refractivity contribution >= 4 is 25.9 Å². The van der Waals surface area contributed by atoms with Gasteiger partial charge in [0, 0.05) is 6.54 Å². The van der Waals surface area contributed by atoms with E-state index in [0.717, 1.165) is 6.54 Å². The van der Waals surface area contributed by atoms with Gasteiger partial charge in [-0.1, -0.05) is 85.5 Å². The highest BCUT2D eigenvalue weighted by molar-refractivity contribution is 6.88. The Bertz CT molecular complexity index is 782. The van der Waals surface area contributed by atoms with Crippen molar-refractivity contribution in [3.8, 4) is 0 Å². The Morgan fingerprint density at radius 1 is 1.04 bits per heavy atom. The van der Waals surface area contributed by atoms with Gasteiger partial charge < -0.3 is 9.83 Å². The second-order valence-electron chi connectivity index (χ2n) is 8.27. The van der Waals surface area contributed by atoms with Crippen LogP contribution in [0.5, 0.6) is 0 Å². The third kappa shape index (κ3) is 3.52. The molecule has 0 saturated heterocycles. The smallest absolute Gasteiger partial charge is 0.377 e. The molecule has 2 aromatic carbocycles. The minimum atomic E-state index is -1.34. The first-order valence-electron chi connectivity index (χ1n) is 9.05. The van der Waals surface area contributed by atoms with Crippen LogP contribution in [-0.2, 0) is 5.54 Å². The normalized spacial score (nSPS) is 21.3. The molecule has 2 nitrogen and oxygen atoms in total. The van der Waals surface area contributed by atoms with Gasteiger partial charge in [0.05, 0.1) is 13.6 Å². The number of hydrogen-bond acceptors (Lipinski definition) is 2. The van der Waals surface area contributed by atoms with Crippen LogP contribution in [0.3, 0.4) is 0 Å². The first-order chi connectivity index (χ1) is 11.7. The molecule has 2 aromatic rings. The quantitative estimate of drug-likeness (QED) is 0.845. The summed E-state index contributed by atoms with van der Waals surface area (Å²) in [7, 11) is -1.85. The predicted molar refractivity (Wildman–Crippen MR) is 112 cm³/mol. The first-order valence-corrected chi connectivity index (χ1v) is 12.5. The van der Waals surface area contributed by atoms with Crippen LogP contribution in [0, 0.1) is 0 Å². The van der Waals surface area contributed by atoms with Gasteiger partial charge >= 0.3 is 7.05 Å². The molecule has 4 heteroatoms. The molecule has 0 aromatic heterocycles. The molecule has 0 bridgehead atoms. The molecule has 1 aliphatic rings. The lowest BCUT2D eigenvalue weighted by atomic mass is 9.77. The fraction of sp³-hybridized carbons (Fsp3) is 0.333. The van der Waals surface area contributed by atoms with Gasteiger partial charge in [-0.2, -0.15) is 0 Å². The molecule has 0 aliphatic carbocycles. The molecule has 130 valence electrons. The maximum Gasteiger partial charge on any atom is 0.377 e. The van der Waals surface area contributed by atoms with E-state index in [1.807, 2.05) is 12.9 Å². The fourth-order valence-corrected chi connectivity index (χ4v) is 4.91. The first kappa shape index (κ1) is 18.2. The third-order valence-electron chi connectivity index (χ3n) is 5.30. The summed E-state index contributed by atoms with van der Waals surface area (Å²) in [5.41, 5.74) is 3.50. The average molecular weight is 349 g/mol. The highest BCUT2D eigenvalue weighted by atomic mass is 28.3. The van der Waals surface area contributed by atoms with E-state index in [4.69, 9.17) is 0 Å². The number of hydrogen-bond donors (Lipinski definition) is 1. The second-order valence-corrected chi connectivity index (χ2v) is 13.4. The molecule has 25 heavy (non-hydrogen) atoms. The monoisotopic (exact) mass is 349 g/mol. The standard InChI is InChI=1S/C21H28BNOSi/c1-21(19-11-7-6-8-12-19)15-18(16-23(21)22(2)24)17-10-9-13-20(14-17)25(3,4)5/h6-15,24H,16H2,1-5H3. The van der Waals surface area contributed by atoms with Crippen LogP contribution >= 0.6 is 0 Å². The van der Waals surface area contributed by atoms with Crippen molar-refractivity contribution in [2.45, 2.75) is 38.9 Å². The fourth-order valence-electron chi connectivity index (χ4n) is 3.72. The van der Waals surface area contributed by atoms with Crippen LogP contribution in [0.4, 0.5) is 0 Å². The molecule has 1 heterocycles. The van der Waals surface area contributed by atoms with Crippen molar-refractivity contribution in [2.75, 3.05) is 6.54 Å². The Morgan fingerprint density at radius 2 is 1.72 bits per heavy atom. The number of rotatable bonds is 4. The summed E-state index contributed by atoms with van der Waals surface area (Å²) in [5.74, 6) is 0. The van der Waals surface area contributed by atoms with Crippen LogP contribution in [0.25, 0.3) is 5.57 Å². The van der Waals surface area contributed by atoms with Crippen molar-refractivity contribution in [3.63, 3.8) is 0 Å². The minimum Gasteiger partial charge on any atom is -0.437 e. The van der Waals surface area contributed by atoms with Crippen molar-refractivity contribution in [3.05, 3.63) is 71.8 Å². The SMILES string of the molecule is CB(O)N1CC(c2cccc([Si](C)(C)C)c2)=CC1(C)c1ccccc1. The molecule has 1 atom stereocenters. The summed E-state index contributed by atoms with van der Waals surface area (Å²) < 4.78 is 0. The van der Waals surface area contributed by atoms with E-state index in [2.05, 4.69) is 86.0 Å². The molecule has 1 aliphatic heterocycles. The van der Waals surface area contributed by atoms with Gasteiger partial charge in [-0.25, -0.2) is 0 Å². The topological polar surface area (TPSA) is 23.5 Å². The Hall–Kier alpha value is -1.62. The zero-order chi connectivity index (χ0) is 18.2. The van der Waals surface area contributed by atoms with Crippen molar-refractivity contribution in [2.24, 2.45) is 0 Å². The van der Waals surface area contributed by atoms with E-state index >= 15 is 0 Å².